The van der Waals surface area contributed by atoms with Crippen molar-refractivity contribution in [3.05, 3.63) is 29.3 Å². The topological polar surface area (TPSA) is 32.8 Å². The van der Waals surface area contributed by atoms with Crippen molar-refractivity contribution in [1.82, 2.24) is 9.80 Å². The highest BCUT2D eigenvalue weighted by atomic mass is 16.5. The quantitative estimate of drug-likeness (QED) is 0.848. The summed E-state index contributed by atoms with van der Waals surface area (Å²) in [4.78, 5) is 16.7. The number of rotatable bonds is 3. The third-order valence-corrected chi connectivity index (χ3v) is 3.91. The molecule has 1 saturated heterocycles. The number of nitrogens with zero attached hydrogens (tertiary/aromatic N) is 2. The largest absolute Gasteiger partial charge is 0.496 e. The van der Waals surface area contributed by atoms with Crippen molar-refractivity contribution in [3.63, 3.8) is 0 Å². The lowest BCUT2D eigenvalue weighted by Gasteiger charge is -2.32. The Morgan fingerprint density at radius 3 is 2.40 bits per heavy atom. The number of amides is 1. The third-order valence-electron chi connectivity index (χ3n) is 3.91. The van der Waals surface area contributed by atoms with E-state index in [2.05, 4.69) is 25.8 Å². The van der Waals surface area contributed by atoms with Gasteiger partial charge in [-0.15, -0.1) is 0 Å². The van der Waals surface area contributed by atoms with Crippen molar-refractivity contribution in [2.45, 2.75) is 19.8 Å². The first-order valence-corrected chi connectivity index (χ1v) is 7.18. The zero-order valence-electron chi connectivity index (χ0n) is 12.8. The molecule has 1 aliphatic heterocycles. The lowest BCUT2D eigenvalue weighted by molar-refractivity contribution is 0.0661. The van der Waals surface area contributed by atoms with Crippen molar-refractivity contribution in [1.29, 1.82) is 0 Å². The van der Waals surface area contributed by atoms with Crippen LogP contribution >= 0.6 is 0 Å². The second-order valence-electron chi connectivity index (χ2n) is 5.71. The highest BCUT2D eigenvalue weighted by Crippen LogP contribution is 2.26. The maximum Gasteiger partial charge on any atom is 0.257 e. The van der Waals surface area contributed by atoms with Crippen molar-refractivity contribution < 1.29 is 9.53 Å². The van der Waals surface area contributed by atoms with Crippen molar-refractivity contribution >= 4 is 5.91 Å². The van der Waals surface area contributed by atoms with Crippen LogP contribution in [0.3, 0.4) is 0 Å². The second kappa shape index (κ2) is 6.27. The molecule has 0 unspecified atom stereocenters. The molecule has 1 aromatic rings. The monoisotopic (exact) mass is 276 g/mol. The van der Waals surface area contributed by atoms with E-state index in [1.54, 1.807) is 7.11 Å². The molecule has 0 aliphatic carbocycles. The van der Waals surface area contributed by atoms with E-state index in [0.717, 1.165) is 26.2 Å². The summed E-state index contributed by atoms with van der Waals surface area (Å²) in [7, 11) is 3.71. The first-order chi connectivity index (χ1) is 9.52. The van der Waals surface area contributed by atoms with Crippen LogP contribution < -0.4 is 4.74 Å². The van der Waals surface area contributed by atoms with Crippen LogP contribution in [0.2, 0.25) is 0 Å². The van der Waals surface area contributed by atoms with E-state index in [1.165, 1.54) is 5.56 Å². The minimum absolute atomic E-state index is 0.0743. The van der Waals surface area contributed by atoms with Gasteiger partial charge in [0.15, 0.2) is 0 Å². The minimum atomic E-state index is 0.0743. The van der Waals surface area contributed by atoms with Crippen LogP contribution in [0.15, 0.2) is 18.2 Å². The Bertz CT molecular complexity index is 477. The molecule has 1 amide bonds. The highest BCUT2D eigenvalue weighted by molar-refractivity contribution is 5.97. The molecule has 0 bridgehead atoms. The summed E-state index contributed by atoms with van der Waals surface area (Å²) in [5.74, 6) is 1.18. The summed E-state index contributed by atoms with van der Waals surface area (Å²) in [6, 6.07) is 5.90. The molecule has 0 N–H and O–H groups in total. The number of carbonyl (C=O) groups excluding carboxylic acids is 1. The Kier molecular flexibility index (Phi) is 4.65. The Labute approximate surface area is 121 Å². The summed E-state index contributed by atoms with van der Waals surface area (Å²) in [6.45, 7) is 7.69. The van der Waals surface area contributed by atoms with Gasteiger partial charge in [-0.05, 0) is 30.7 Å². The number of ether oxygens (including phenoxy) is 1. The number of hydrogen-bond acceptors (Lipinski definition) is 3. The zero-order chi connectivity index (χ0) is 14.7. The molecule has 0 saturated carbocycles. The van der Waals surface area contributed by atoms with Crippen LogP contribution in [0.25, 0.3) is 0 Å². The molecule has 1 aliphatic rings. The molecule has 1 heterocycles. The molecular weight excluding hydrogens is 252 g/mol. The van der Waals surface area contributed by atoms with Gasteiger partial charge in [-0.1, -0.05) is 19.9 Å². The van der Waals surface area contributed by atoms with E-state index >= 15 is 0 Å². The van der Waals surface area contributed by atoms with E-state index in [9.17, 15) is 4.79 Å². The van der Waals surface area contributed by atoms with Crippen LogP contribution in [-0.2, 0) is 0 Å². The average molecular weight is 276 g/mol. The number of carbonyl (C=O) groups is 1. The van der Waals surface area contributed by atoms with E-state index in [-0.39, 0.29) is 5.91 Å². The molecule has 20 heavy (non-hydrogen) atoms. The molecule has 0 spiro atoms. The van der Waals surface area contributed by atoms with Gasteiger partial charge in [0.2, 0.25) is 0 Å². The van der Waals surface area contributed by atoms with Crippen molar-refractivity contribution in [2.75, 3.05) is 40.3 Å². The summed E-state index contributed by atoms with van der Waals surface area (Å²) in [5, 5.41) is 0. The first kappa shape index (κ1) is 14.9. The summed E-state index contributed by atoms with van der Waals surface area (Å²) < 4.78 is 5.41. The van der Waals surface area contributed by atoms with Crippen LogP contribution in [0.1, 0.15) is 35.7 Å². The Balaban J connectivity index is 2.21. The lowest BCUT2D eigenvalue weighted by Crippen LogP contribution is -2.47. The normalized spacial score (nSPS) is 16.6. The standard InChI is InChI=1S/C16H24N2O2/c1-12(2)13-5-6-14(15(11-13)20-4)16(19)18-9-7-17(3)8-10-18/h5-6,11-12H,7-10H2,1-4H3. The van der Waals surface area contributed by atoms with Gasteiger partial charge in [-0.25, -0.2) is 0 Å². The summed E-state index contributed by atoms with van der Waals surface area (Å²) >= 11 is 0. The van der Waals surface area contributed by atoms with E-state index in [1.807, 2.05) is 23.1 Å². The number of piperazine rings is 1. The summed E-state index contributed by atoms with van der Waals surface area (Å²) in [6.07, 6.45) is 0. The molecule has 1 aromatic carbocycles. The number of hydrogen-bond donors (Lipinski definition) is 0. The molecule has 0 atom stereocenters. The zero-order valence-corrected chi connectivity index (χ0v) is 12.8. The molecule has 1 fully saturated rings. The molecule has 4 nitrogen and oxygen atoms in total. The van der Waals surface area contributed by atoms with Gasteiger partial charge >= 0.3 is 0 Å². The Morgan fingerprint density at radius 1 is 1.20 bits per heavy atom. The third kappa shape index (κ3) is 3.12. The van der Waals surface area contributed by atoms with Gasteiger partial charge in [0.25, 0.3) is 5.91 Å². The van der Waals surface area contributed by atoms with E-state index in [0.29, 0.717) is 17.2 Å². The predicted molar refractivity (Wildman–Crippen MR) is 80.5 cm³/mol. The second-order valence-corrected chi connectivity index (χ2v) is 5.71. The minimum Gasteiger partial charge on any atom is -0.496 e. The van der Waals surface area contributed by atoms with Gasteiger partial charge in [-0.3, -0.25) is 4.79 Å². The van der Waals surface area contributed by atoms with Crippen molar-refractivity contribution in [2.24, 2.45) is 0 Å². The van der Waals surface area contributed by atoms with Gasteiger partial charge in [0, 0.05) is 26.2 Å². The van der Waals surface area contributed by atoms with Gasteiger partial charge < -0.3 is 14.5 Å². The summed E-state index contributed by atoms with van der Waals surface area (Å²) in [5.41, 5.74) is 1.86. The van der Waals surface area contributed by atoms with Gasteiger partial charge in [-0.2, -0.15) is 0 Å². The fourth-order valence-electron chi connectivity index (χ4n) is 2.42. The van der Waals surface area contributed by atoms with Crippen LogP contribution in [-0.4, -0.2) is 56.0 Å². The van der Waals surface area contributed by atoms with E-state index in [4.69, 9.17) is 4.74 Å². The molecule has 4 heteroatoms. The van der Waals surface area contributed by atoms with Gasteiger partial charge in [0.05, 0.1) is 12.7 Å². The smallest absolute Gasteiger partial charge is 0.257 e. The first-order valence-electron chi connectivity index (χ1n) is 7.18. The molecule has 0 radical (unpaired) electrons. The maximum absolute atomic E-state index is 12.6. The van der Waals surface area contributed by atoms with Crippen LogP contribution in [0.5, 0.6) is 5.75 Å². The maximum atomic E-state index is 12.6. The SMILES string of the molecule is COc1cc(C(C)C)ccc1C(=O)N1CCN(C)CC1. The molecule has 0 aromatic heterocycles. The fourth-order valence-corrected chi connectivity index (χ4v) is 2.42. The fraction of sp³-hybridized carbons (Fsp3) is 0.562. The van der Waals surface area contributed by atoms with Crippen molar-refractivity contribution in [3.8, 4) is 5.75 Å². The molecule has 110 valence electrons. The average Bonchev–Trinajstić information content (AvgIpc) is 2.46. The lowest BCUT2D eigenvalue weighted by atomic mass is 10.0. The van der Waals surface area contributed by atoms with E-state index < -0.39 is 0 Å². The Hall–Kier alpha value is -1.55. The van der Waals surface area contributed by atoms with Crippen LogP contribution in [0.4, 0.5) is 0 Å². The number of methoxy groups -OCH3 is 1. The molecule has 2 rings (SSSR count). The Morgan fingerprint density at radius 2 is 1.85 bits per heavy atom. The van der Waals surface area contributed by atoms with Crippen LogP contribution in [0, 0.1) is 0 Å². The predicted octanol–water partition coefficient (Wildman–Crippen LogP) is 2.21. The number of likely N-dealkylation sites (N-methyl/N-ethyl adjacent to an activating group) is 1. The number of benzene rings is 1. The van der Waals surface area contributed by atoms with Gasteiger partial charge in [0.1, 0.15) is 5.75 Å². The highest BCUT2D eigenvalue weighted by Gasteiger charge is 2.23. The molecular formula is C16H24N2O2.